The lowest BCUT2D eigenvalue weighted by Crippen LogP contribution is -2.25. The van der Waals surface area contributed by atoms with Crippen molar-refractivity contribution in [3.05, 3.63) is 70.8 Å². The van der Waals surface area contributed by atoms with E-state index in [1.54, 1.807) is 48.5 Å². The maximum absolute atomic E-state index is 12.4. The van der Waals surface area contributed by atoms with E-state index in [4.69, 9.17) is 23.2 Å². The SMILES string of the molecule is O=S(=O)(Nn1nc(Cl)cc1-c1ccc(Cl)cc1)c1ccccc1. The number of nitrogens with one attached hydrogen (secondary N) is 1. The molecule has 0 aliphatic rings. The number of halogens is 2. The lowest BCUT2D eigenvalue weighted by molar-refractivity contribution is 0.592. The summed E-state index contributed by atoms with van der Waals surface area (Å²) in [6.07, 6.45) is 0. The monoisotopic (exact) mass is 367 g/mol. The third-order valence-electron chi connectivity index (χ3n) is 3.08. The Hall–Kier alpha value is -2.02. The minimum absolute atomic E-state index is 0.133. The first-order valence-corrected chi connectivity index (χ1v) is 8.79. The van der Waals surface area contributed by atoms with E-state index in [0.29, 0.717) is 10.7 Å². The van der Waals surface area contributed by atoms with Crippen molar-refractivity contribution in [2.75, 3.05) is 4.83 Å². The Labute approximate surface area is 143 Å². The summed E-state index contributed by atoms with van der Waals surface area (Å²) in [5, 5.41) is 4.73. The van der Waals surface area contributed by atoms with Crippen LogP contribution in [-0.4, -0.2) is 18.3 Å². The molecule has 0 saturated heterocycles. The molecule has 23 heavy (non-hydrogen) atoms. The van der Waals surface area contributed by atoms with Gasteiger partial charge in [0.25, 0.3) is 10.0 Å². The van der Waals surface area contributed by atoms with Crippen LogP contribution in [0.15, 0.2) is 65.6 Å². The van der Waals surface area contributed by atoms with Gasteiger partial charge in [-0.1, -0.05) is 53.5 Å². The van der Waals surface area contributed by atoms with E-state index in [0.717, 1.165) is 10.4 Å². The van der Waals surface area contributed by atoms with E-state index >= 15 is 0 Å². The molecule has 0 aliphatic heterocycles. The first kappa shape index (κ1) is 15.9. The zero-order valence-corrected chi connectivity index (χ0v) is 14.0. The van der Waals surface area contributed by atoms with Gasteiger partial charge < -0.3 is 0 Å². The predicted molar refractivity (Wildman–Crippen MR) is 90.7 cm³/mol. The Kier molecular flexibility index (Phi) is 4.30. The van der Waals surface area contributed by atoms with Gasteiger partial charge in [-0.05, 0) is 24.3 Å². The number of benzene rings is 2. The maximum atomic E-state index is 12.4. The van der Waals surface area contributed by atoms with E-state index in [9.17, 15) is 8.42 Å². The van der Waals surface area contributed by atoms with Gasteiger partial charge in [-0.25, -0.2) is 0 Å². The second-order valence-corrected chi connectivity index (χ2v) is 7.16. The molecule has 0 amide bonds. The highest BCUT2D eigenvalue weighted by Gasteiger charge is 2.17. The van der Waals surface area contributed by atoms with E-state index in [1.807, 2.05) is 0 Å². The van der Waals surface area contributed by atoms with Gasteiger partial charge in [0.05, 0.1) is 10.6 Å². The summed E-state index contributed by atoms with van der Waals surface area (Å²) < 4.78 is 24.8. The largest absolute Gasteiger partial charge is 0.276 e. The van der Waals surface area contributed by atoms with Crippen LogP contribution in [0.3, 0.4) is 0 Å². The van der Waals surface area contributed by atoms with E-state index in [-0.39, 0.29) is 10.0 Å². The molecule has 1 N–H and O–H groups in total. The second-order valence-electron chi connectivity index (χ2n) is 4.68. The number of rotatable bonds is 4. The number of aromatic nitrogens is 2. The standard InChI is InChI=1S/C15H11Cl2N3O2S/c16-12-8-6-11(7-9-12)14-10-15(17)18-20(14)19-23(21,22)13-4-2-1-3-5-13/h1-10,19H. The Morgan fingerprint density at radius 2 is 1.61 bits per heavy atom. The third kappa shape index (κ3) is 3.50. The number of sulfonamides is 1. The summed E-state index contributed by atoms with van der Waals surface area (Å²) >= 11 is 11.8. The van der Waals surface area contributed by atoms with Crippen LogP contribution in [0.5, 0.6) is 0 Å². The van der Waals surface area contributed by atoms with Crippen molar-refractivity contribution < 1.29 is 8.42 Å². The van der Waals surface area contributed by atoms with E-state index in [1.165, 1.54) is 12.1 Å². The molecule has 0 atom stereocenters. The Bertz CT molecular complexity index is 923. The number of hydrogen-bond acceptors (Lipinski definition) is 3. The summed E-state index contributed by atoms with van der Waals surface area (Å²) in [5.74, 6) is 0. The Morgan fingerprint density at radius 1 is 0.957 bits per heavy atom. The van der Waals surface area contributed by atoms with Crippen molar-refractivity contribution in [1.82, 2.24) is 9.89 Å². The van der Waals surface area contributed by atoms with E-state index < -0.39 is 10.0 Å². The molecule has 8 heteroatoms. The average molecular weight is 368 g/mol. The quantitative estimate of drug-likeness (QED) is 0.762. The molecule has 2 aromatic carbocycles. The van der Waals surface area contributed by atoms with Gasteiger partial charge >= 0.3 is 0 Å². The zero-order chi connectivity index (χ0) is 16.4. The molecule has 0 fully saturated rings. The molecule has 3 aromatic rings. The first-order chi connectivity index (χ1) is 11.0. The molecule has 118 valence electrons. The van der Waals surface area contributed by atoms with E-state index in [2.05, 4.69) is 9.93 Å². The number of hydrogen-bond donors (Lipinski definition) is 1. The molecule has 0 spiro atoms. The van der Waals surface area contributed by atoms with Crippen LogP contribution in [-0.2, 0) is 10.0 Å². The normalized spacial score (nSPS) is 11.4. The van der Waals surface area contributed by atoms with Gasteiger partial charge in [-0.3, -0.25) is 0 Å². The van der Waals surface area contributed by atoms with Gasteiger partial charge in [0, 0.05) is 16.7 Å². The molecular formula is C15H11Cl2N3O2S. The van der Waals surface area contributed by atoms with Crippen LogP contribution in [0.2, 0.25) is 10.2 Å². The van der Waals surface area contributed by atoms with Gasteiger partial charge in [-0.15, -0.1) is 5.10 Å². The molecule has 0 aliphatic carbocycles. The smallest absolute Gasteiger partial charge is 0.200 e. The molecule has 5 nitrogen and oxygen atoms in total. The topological polar surface area (TPSA) is 64.0 Å². The number of nitrogens with zero attached hydrogens (tertiary/aromatic N) is 2. The highest BCUT2D eigenvalue weighted by Crippen LogP contribution is 2.24. The van der Waals surface area contributed by atoms with Crippen molar-refractivity contribution in [2.45, 2.75) is 4.90 Å². The lowest BCUT2D eigenvalue weighted by atomic mass is 10.2. The maximum Gasteiger partial charge on any atom is 0.276 e. The van der Waals surface area contributed by atoms with Crippen LogP contribution in [0.1, 0.15) is 0 Å². The second kappa shape index (κ2) is 6.23. The minimum atomic E-state index is -3.77. The highest BCUT2D eigenvalue weighted by molar-refractivity contribution is 7.92. The molecule has 1 aromatic heterocycles. The fourth-order valence-corrected chi connectivity index (χ4v) is 3.31. The lowest BCUT2D eigenvalue weighted by Gasteiger charge is -2.11. The third-order valence-corrected chi connectivity index (χ3v) is 4.82. The Balaban J connectivity index is 2.00. The van der Waals surface area contributed by atoms with Gasteiger partial charge in [-0.2, -0.15) is 18.0 Å². The van der Waals surface area contributed by atoms with Crippen molar-refractivity contribution in [1.29, 1.82) is 0 Å². The predicted octanol–water partition coefficient (Wildman–Crippen LogP) is 3.79. The fraction of sp³-hybridized carbons (Fsp3) is 0. The van der Waals surface area contributed by atoms with Crippen LogP contribution in [0.25, 0.3) is 11.3 Å². The molecule has 3 rings (SSSR count). The van der Waals surface area contributed by atoms with Gasteiger partial charge in [0.2, 0.25) is 0 Å². The highest BCUT2D eigenvalue weighted by atomic mass is 35.5. The summed E-state index contributed by atoms with van der Waals surface area (Å²) in [6.45, 7) is 0. The van der Waals surface area contributed by atoms with Crippen LogP contribution in [0.4, 0.5) is 0 Å². The molecule has 0 unspecified atom stereocenters. The average Bonchev–Trinajstić information content (AvgIpc) is 2.89. The summed E-state index contributed by atoms with van der Waals surface area (Å²) in [7, 11) is -3.77. The zero-order valence-electron chi connectivity index (χ0n) is 11.6. The molecule has 0 saturated carbocycles. The van der Waals surface area contributed by atoms with Crippen LogP contribution in [0, 0.1) is 0 Å². The molecule has 1 heterocycles. The molecule has 0 radical (unpaired) electrons. The van der Waals surface area contributed by atoms with Crippen molar-refractivity contribution in [2.24, 2.45) is 0 Å². The van der Waals surface area contributed by atoms with Crippen molar-refractivity contribution in [3.63, 3.8) is 0 Å². The first-order valence-electron chi connectivity index (χ1n) is 6.55. The molecule has 0 bridgehead atoms. The fourth-order valence-electron chi connectivity index (χ4n) is 2.01. The summed E-state index contributed by atoms with van der Waals surface area (Å²) in [6, 6.07) is 16.5. The van der Waals surface area contributed by atoms with Crippen LogP contribution < -0.4 is 4.83 Å². The minimum Gasteiger partial charge on any atom is -0.200 e. The summed E-state index contributed by atoms with van der Waals surface area (Å²) in [4.78, 5) is 3.66. The summed E-state index contributed by atoms with van der Waals surface area (Å²) in [5.41, 5.74) is 1.23. The van der Waals surface area contributed by atoms with Gasteiger partial charge in [0.1, 0.15) is 0 Å². The van der Waals surface area contributed by atoms with Crippen LogP contribution >= 0.6 is 23.2 Å². The molecular weight excluding hydrogens is 357 g/mol. The Morgan fingerprint density at radius 3 is 2.26 bits per heavy atom. The van der Waals surface area contributed by atoms with Crippen molar-refractivity contribution >= 4 is 33.2 Å². The van der Waals surface area contributed by atoms with Gasteiger partial charge in [0.15, 0.2) is 5.15 Å². The van der Waals surface area contributed by atoms with Crippen molar-refractivity contribution in [3.8, 4) is 11.3 Å².